The van der Waals surface area contributed by atoms with Crippen LogP contribution in [0.2, 0.25) is 0 Å². The minimum atomic E-state index is -0.481. The predicted molar refractivity (Wildman–Crippen MR) is 95.8 cm³/mol. The van der Waals surface area contributed by atoms with Crippen molar-refractivity contribution in [3.8, 4) is 11.5 Å². The molecule has 0 aromatic heterocycles. The highest BCUT2D eigenvalue weighted by molar-refractivity contribution is 5.88. The van der Waals surface area contributed by atoms with E-state index in [1.807, 2.05) is 24.8 Å². The van der Waals surface area contributed by atoms with Crippen molar-refractivity contribution in [3.05, 3.63) is 23.8 Å². The lowest BCUT2D eigenvalue weighted by Gasteiger charge is -2.26. The van der Waals surface area contributed by atoms with Crippen LogP contribution in [0, 0.1) is 5.92 Å². The topological polar surface area (TPSA) is 67.9 Å². The Kier molecular flexibility index (Phi) is 6.67. The fraction of sp³-hybridized carbons (Fsp3) is 0.579. The normalized spacial score (nSPS) is 15.2. The number of rotatable bonds is 7. The molecule has 1 aromatic rings. The van der Waals surface area contributed by atoms with Crippen LogP contribution in [0.15, 0.2) is 18.2 Å². The van der Waals surface area contributed by atoms with Gasteiger partial charge in [0, 0.05) is 13.1 Å². The van der Waals surface area contributed by atoms with Crippen molar-refractivity contribution in [1.82, 2.24) is 10.2 Å². The first-order valence-electron chi connectivity index (χ1n) is 8.75. The zero-order valence-corrected chi connectivity index (χ0v) is 15.5. The Hall–Kier alpha value is -2.24. The predicted octanol–water partition coefficient (Wildman–Crippen LogP) is 2.01. The maximum absolute atomic E-state index is 12.6. The van der Waals surface area contributed by atoms with Gasteiger partial charge in [0.1, 0.15) is 6.04 Å². The quantitative estimate of drug-likeness (QED) is 0.818. The van der Waals surface area contributed by atoms with E-state index in [2.05, 4.69) is 5.32 Å². The first-order chi connectivity index (χ1) is 12.0. The molecule has 1 aliphatic rings. The van der Waals surface area contributed by atoms with Crippen LogP contribution in [-0.2, 0) is 16.0 Å². The third kappa shape index (κ3) is 4.87. The second kappa shape index (κ2) is 8.74. The van der Waals surface area contributed by atoms with Gasteiger partial charge in [-0.1, -0.05) is 19.9 Å². The molecule has 6 nitrogen and oxygen atoms in total. The maximum atomic E-state index is 12.6. The molecule has 2 amide bonds. The molecule has 0 saturated carbocycles. The van der Waals surface area contributed by atoms with Gasteiger partial charge in [0.25, 0.3) is 0 Å². The lowest BCUT2D eigenvalue weighted by atomic mass is 10.0. The highest BCUT2D eigenvalue weighted by Gasteiger charge is 2.29. The molecule has 0 aliphatic carbocycles. The molecular formula is C19H28N2O4. The first-order valence-corrected chi connectivity index (χ1v) is 8.75. The second-order valence-corrected chi connectivity index (χ2v) is 6.69. The summed E-state index contributed by atoms with van der Waals surface area (Å²) in [5, 5.41) is 2.91. The molecule has 0 spiro atoms. The average molecular weight is 348 g/mol. The molecule has 1 aliphatic heterocycles. The van der Waals surface area contributed by atoms with Crippen LogP contribution < -0.4 is 14.8 Å². The van der Waals surface area contributed by atoms with E-state index in [-0.39, 0.29) is 24.2 Å². The SMILES string of the molecule is COc1ccc(CC(=O)N[C@@H](C(=O)N2CCCC2)C(C)C)cc1OC. The van der Waals surface area contributed by atoms with Crippen molar-refractivity contribution >= 4 is 11.8 Å². The summed E-state index contributed by atoms with van der Waals surface area (Å²) in [6, 6.07) is 4.90. The molecule has 1 heterocycles. The minimum absolute atomic E-state index is 0.0214. The molecular weight excluding hydrogens is 320 g/mol. The Morgan fingerprint density at radius 1 is 1.12 bits per heavy atom. The van der Waals surface area contributed by atoms with E-state index in [1.54, 1.807) is 26.4 Å². The van der Waals surface area contributed by atoms with Gasteiger partial charge in [-0.2, -0.15) is 0 Å². The summed E-state index contributed by atoms with van der Waals surface area (Å²) >= 11 is 0. The summed E-state index contributed by atoms with van der Waals surface area (Å²) in [7, 11) is 3.13. The van der Waals surface area contributed by atoms with Gasteiger partial charge >= 0.3 is 0 Å². The maximum Gasteiger partial charge on any atom is 0.245 e. The Morgan fingerprint density at radius 3 is 2.32 bits per heavy atom. The molecule has 1 aromatic carbocycles. The molecule has 1 saturated heterocycles. The van der Waals surface area contributed by atoms with E-state index in [9.17, 15) is 9.59 Å². The summed E-state index contributed by atoms with van der Waals surface area (Å²) < 4.78 is 10.5. The van der Waals surface area contributed by atoms with Gasteiger partial charge in [-0.15, -0.1) is 0 Å². The Morgan fingerprint density at radius 2 is 1.76 bits per heavy atom. The number of benzene rings is 1. The molecule has 1 fully saturated rings. The van der Waals surface area contributed by atoms with Crippen LogP contribution in [0.1, 0.15) is 32.3 Å². The van der Waals surface area contributed by atoms with E-state index in [0.717, 1.165) is 31.5 Å². The average Bonchev–Trinajstić information content (AvgIpc) is 3.13. The highest BCUT2D eigenvalue weighted by Crippen LogP contribution is 2.27. The molecule has 138 valence electrons. The van der Waals surface area contributed by atoms with E-state index in [4.69, 9.17) is 9.47 Å². The summed E-state index contributed by atoms with van der Waals surface area (Å²) in [6.07, 6.45) is 2.27. The van der Waals surface area contributed by atoms with Crippen molar-refractivity contribution in [1.29, 1.82) is 0 Å². The minimum Gasteiger partial charge on any atom is -0.493 e. The number of amides is 2. The second-order valence-electron chi connectivity index (χ2n) is 6.69. The van der Waals surface area contributed by atoms with Gasteiger partial charge in [-0.3, -0.25) is 9.59 Å². The summed E-state index contributed by atoms with van der Waals surface area (Å²) in [4.78, 5) is 26.9. The summed E-state index contributed by atoms with van der Waals surface area (Å²) in [5.41, 5.74) is 0.811. The number of ether oxygens (including phenoxy) is 2. The number of carbonyl (C=O) groups excluding carboxylic acids is 2. The van der Waals surface area contributed by atoms with Crippen molar-refractivity contribution in [2.75, 3.05) is 27.3 Å². The van der Waals surface area contributed by atoms with Gasteiger partial charge in [-0.25, -0.2) is 0 Å². The summed E-state index contributed by atoms with van der Waals surface area (Å²) in [6.45, 7) is 5.48. The van der Waals surface area contributed by atoms with E-state index in [1.165, 1.54) is 0 Å². The molecule has 2 rings (SSSR count). The largest absolute Gasteiger partial charge is 0.493 e. The van der Waals surface area contributed by atoms with Crippen LogP contribution in [0.25, 0.3) is 0 Å². The van der Waals surface area contributed by atoms with Gasteiger partial charge in [0.15, 0.2) is 11.5 Å². The fourth-order valence-corrected chi connectivity index (χ4v) is 3.05. The van der Waals surface area contributed by atoms with Gasteiger partial charge in [0.2, 0.25) is 11.8 Å². The molecule has 0 unspecified atom stereocenters. The lowest BCUT2D eigenvalue weighted by Crippen LogP contribution is -2.50. The third-order valence-corrected chi connectivity index (χ3v) is 4.48. The third-order valence-electron chi connectivity index (χ3n) is 4.48. The van der Waals surface area contributed by atoms with Crippen molar-refractivity contribution in [2.45, 2.75) is 39.2 Å². The standard InChI is InChI=1S/C19H28N2O4/c1-13(2)18(19(23)21-9-5-6-10-21)20-17(22)12-14-7-8-15(24-3)16(11-14)25-4/h7-8,11,13,18H,5-6,9-10,12H2,1-4H3,(H,20,22)/t18-/m1/s1. The van der Waals surface area contributed by atoms with E-state index in [0.29, 0.717) is 11.5 Å². The summed E-state index contributed by atoms with van der Waals surface area (Å²) in [5.74, 6) is 1.10. The Bertz CT molecular complexity index is 609. The lowest BCUT2D eigenvalue weighted by molar-refractivity contribution is -0.136. The molecule has 25 heavy (non-hydrogen) atoms. The number of hydrogen-bond donors (Lipinski definition) is 1. The number of methoxy groups -OCH3 is 2. The highest BCUT2D eigenvalue weighted by atomic mass is 16.5. The molecule has 1 atom stereocenters. The van der Waals surface area contributed by atoms with Crippen molar-refractivity contribution in [2.24, 2.45) is 5.92 Å². The van der Waals surface area contributed by atoms with Crippen LogP contribution in [-0.4, -0.2) is 50.1 Å². The number of nitrogens with zero attached hydrogens (tertiary/aromatic N) is 1. The van der Waals surface area contributed by atoms with Crippen LogP contribution >= 0.6 is 0 Å². The van der Waals surface area contributed by atoms with E-state index < -0.39 is 6.04 Å². The number of nitrogens with one attached hydrogen (secondary N) is 1. The van der Waals surface area contributed by atoms with E-state index >= 15 is 0 Å². The first kappa shape index (κ1) is 19.1. The van der Waals surface area contributed by atoms with Crippen LogP contribution in [0.3, 0.4) is 0 Å². The van der Waals surface area contributed by atoms with Gasteiger partial charge in [-0.05, 0) is 36.5 Å². The Balaban J connectivity index is 2.02. The monoisotopic (exact) mass is 348 g/mol. The van der Waals surface area contributed by atoms with Gasteiger partial charge in [0.05, 0.1) is 20.6 Å². The van der Waals surface area contributed by atoms with Crippen LogP contribution in [0.5, 0.6) is 11.5 Å². The van der Waals surface area contributed by atoms with Gasteiger partial charge < -0.3 is 19.7 Å². The zero-order valence-electron chi connectivity index (χ0n) is 15.5. The molecule has 1 N–H and O–H groups in total. The number of likely N-dealkylation sites (tertiary alicyclic amines) is 1. The number of carbonyl (C=O) groups is 2. The van der Waals surface area contributed by atoms with Crippen LogP contribution in [0.4, 0.5) is 0 Å². The molecule has 6 heteroatoms. The smallest absolute Gasteiger partial charge is 0.245 e. The Labute approximate surface area is 149 Å². The zero-order chi connectivity index (χ0) is 18.4. The molecule has 0 bridgehead atoms. The molecule has 0 radical (unpaired) electrons. The van der Waals surface area contributed by atoms with Crippen molar-refractivity contribution < 1.29 is 19.1 Å². The van der Waals surface area contributed by atoms with Crippen molar-refractivity contribution in [3.63, 3.8) is 0 Å². The number of hydrogen-bond acceptors (Lipinski definition) is 4. The fourth-order valence-electron chi connectivity index (χ4n) is 3.05.